The van der Waals surface area contributed by atoms with Crippen molar-refractivity contribution in [2.45, 2.75) is 19.5 Å². The number of anilines is 1. The van der Waals surface area contributed by atoms with Gasteiger partial charge in [-0.05, 0) is 29.8 Å². The lowest BCUT2D eigenvalue weighted by atomic mass is 10.2. The van der Waals surface area contributed by atoms with E-state index in [4.69, 9.17) is 4.74 Å². The zero-order chi connectivity index (χ0) is 18.9. The number of carbonyl (C=O) groups is 3. The maximum atomic E-state index is 12.4. The van der Waals surface area contributed by atoms with E-state index in [2.05, 4.69) is 16.0 Å². The van der Waals surface area contributed by atoms with Crippen LogP contribution in [0.1, 0.15) is 12.5 Å². The van der Waals surface area contributed by atoms with Crippen LogP contribution in [-0.4, -0.2) is 30.9 Å². The highest BCUT2D eigenvalue weighted by molar-refractivity contribution is 6.11. The number of amides is 3. The Morgan fingerprint density at radius 2 is 1.62 bits per heavy atom. The van der Waals surface area contributed by atoms with E-state index < -0.39 is 23.8 Å². The average Bonchev–Trinajstić information content (AvgIpc) is 2.65. The van der Waals surface area contributed by atoms with Gasteiger partial charge in [-0.15, -0.1) is 0 Å². The Kier molecular flexibility index (Phi) is 6.73. The van der Waals surface area contributed by atoms with Crippen LogP contribution >= 0.6 is 0 Å². The summed E-state index contributed by atoms with van der Waals surface area (Å²) in [6.45, 7) is 1.50. The molecule has 2 aromatic rings. The molecule has 26 heavy (non-hydrogen) atoms. The first-order valence-corrected chi connectivity index (χ1v) is 8.03. The topological polar surface area (TPSA) is 96.5 Å². The van der Waals surface area contributed by atoms with E-state index in [1.807, 2.05) is 30.3 Å². The van der Waals surface area contributed by atoms with E-state index in [0.717, 1.165) is 5.56 Å². The van der Waals surface area contributed by atoms with Crippen molar-refractivity contribution in [2.75, 3.05) is 12.4 Å². The van der Waals surface area contributed by atoms with Crippen molar-refractivity contribution < 1.29 is 19.1 Å². The molecule has 3 N–H and O–H groups in total. The zero-order valence-electron chi connectivity index (χ0n) is 14.6. The summed E-state index contributed by atoms with van der Waals surface area (Å²) < 4.78 is 5.05. The minimum Gasteiger partial charge on any atom is -0.497 e. The summed E-state index contributed by atoms with van der Waals surface area (Å²) in [5.41, 5.74) is 1.37. The van der Waals surface area contributed by atoms with Crippen LogP contribution in [0.15, 0.2) is 54.6 Å². The number of benzene rings is 2. The monoisotopic (exact) mass is 355 g/mol. The van der Waals surface area contributed by atoms with Crippen molar-refractivity contribution >= 4 is 23.4 Å². The lowest BCUT2D eigenvalue weighted by molar-refractivity contribution is -0.134. The lowest BCUT2D eigenvalue weighted by Crippen LogP contribution is -2.52. The van der Waals surface area contributed by atoms with Gasteiger partial charge in [0, 0.05) is 19.2 Å². The minimum absolute atomic E-state index is 0.256. The SMILES string of the molecule is COc1ccc(NC(=O)[C@@H](NC(C)=O)C(=O)NCc2ccccc2)cc1. The fourth-order valence-electron chi connectivity index (χ4n) is 2.23. The molecule has 2 aromatic carbocycles. The highest BCUT2D eigenvalue weighted by Crippen LogP contribution is 2.15. The first kappa shape index (κ1) is 19.0. The number of hydrogen-bond acceptors (Lipinski definition) is 4. The minimum atomic E-state index is -1.33. The predicted octanol–water partition coefficient (Wildman–Crippen LogP) is 1.45. The predicted molar refractivity (Wildman–Crippen MR) is 97.5 cm³/mol. The molecule has 7 heteroatoms. The van der Waals surface area contributed by atoms with Gasteiger partial charge in [0.15, 0.2) is 6.04 Å². The first-order chi connectivity index (χ1) is 12.5. The Morgan fingerprint density at radius 1 is 0.962 bits per heavy atom. The molecule has 0 unspecified atom stereocenters. The van der Waals surface area contributed by atoms with Gasteiger partial charge in [0.05, 0.1) is 7.11 Å². The number of rotatable bonds is 7. The van der Waals surface area contributed by atoms with Crippen LogP contribution in [0.2, 0.25) is 0 Å². The highest BCUT2D eigenvalue weighted by atomic mass is 16.5. The van der Waals surface area contributed by atoms with Crippen molar-refractivity contribution in [1.82, 2.24) is 10.6 Å². The Morgan fingerprint density at radius 3 is 2.19 bits per heavy atom. The van der Waals surface area contributed by atoms with Crippen molar-refractivity contribution in [3.63, 3.8) is 0 Å². The quantitative estimate of drug-likeness (QED) is 0.655. The molecule has 0 saturated carbocycles. The third-order valence-corrected chi connectivity index (χ3v) is 3.54. The van der Waals surface area contributed by atoms with Crippen LogP contribution in [0, 0.1) is 0 Å². The highest BCUT2D eigenvalue weighted by Gasteiger charge is 2.27. The maximum absolute atomic E-state index is 12.4. The molecule has 0 radical (unpaired) electrons. The average molecular weight is 355 g/mol. The van der Waals surface area contributed by atoms with E-state index >= 15 is 0 Å². The van der Waals surface area contributed by atoms with Crippen LogP contribution in [0.25, 0.3) is 0 Å². The molecule has 0 aliphatic carbocycles. The zero-order valence-corrected chi connectivity index (χ0v) is 14.6. The van der Waals surface area contributed by atoms with Crippen molar-refractivity contribution in [3.05, 3.63) is 60.2 Å². The van der Waals surface area contributed by atoms with Gasteiger partial charge >= 0.3 is 0 Å². The smallest absolute Gasteiger partial charge is 0.256 e. The standard InChI is InChI=1S/C19H21N3O4/c1-13(23)21-17(18(24)20-12-14-6-4-3-5-7-14)19(25)22-15-8-10-16(26-2)11-9-15/h3-11,17H,12H2,1-2H3,(H,20,24)(H,21,23)(H,22,25)/t17-/m0/s1. The molecule has 0 spiro atoms. The number of hydrogen-bond donors (Lipinski definition) is 3. The van der Waals surface area contributed by atoms with Crippen molar-refractivity contribution in [3.8, 4) is 5.75 Å². The van der Waals surface area contributed by atoms with Gasteiger partial charge in [-0.1, -0.05) is 30.3 Å². The van der Waals surface area contributed by atoms with Gasteiger partial charge in [-0.25, -0.2) is 0 Å². The molecular formula is C19H21N3O4. The summed E-state index contributed by atoms with van der Waals surface area (Å²) in [5, 5.41) is 7.63. The number of carbonyl (C=O) groups excluding carboxylic acids is 3. The Balaban J connectivity index is 2.02. The van der Waals surface area contributed by atoms with Crippen LogP contribution in [0.4, 0.5) is 5.69 Å². The van der Waals surface area contributed by atoms with Crippen LogP contribution in [0.5, 0.6) is 5.75 Å². The number of ether oxygens (including phenoxy) is 1. The lowest BCUT2D eigenvalue weighted by Gasteiger charge is -2.17. The van der Waals surface area contributed by atoms with Gasteiger partial charge in [0.25, 0.3) is 11.8 Å². The molecule has 0 bridgehead atoms. The molecule has 136 valence electrons. The van der Waals surface area contributed by atoms with E-state index in [1.54, 1.807) is 24.3 Å². The summed E-state index contributed by atoms with van der Waals surface area (Å²) in [5.74, 6) is -1.05. The maximum Gasteiger partial charge on any atom is 0.256 e. The van der Waals surface area contributed by atoms with E-state index in [-0.39, 0.29) is 6.54 Å². The molecule has 0 heterocycles. The van der Waals surface area contributed by atoms with Crippen LogP contribution in [-0.2, 0) is 20.9 Å². The summed E-state index contributed by atoms with van der Waals surface area (Å²) >= 11 is 0. The number of nitrogens with one attached hydrogen (secondary N) is 3. The summed E-state index contributed by atoms with van der Waals surface area (Å²) in [6, 6.07) is 14.6. The van der Waals surface area contributed by atoms with E-state index in [9.17, 15) is 14.4 Å². The van der Waals surface area contributed by atoms with Gasteiger partial charge in [0.2, 0.25) is 5.91 Å². The Hall–Kier alpha value is -3.35. The number of methoxy groups -OCH3 is 1. The third-order valence-electron chi connectivity index (χ3n) is 3.54. The molecule has 7 nitrogen and oxygen atoms in total. The second-order valence-electron chi connectivity index (χ2n) is 5.55. The van der Waals surface area contributed by atoms with Gasteiger partial charge in [-0.3, -0.25) is 14.4 Å². The molecule has 0 aliphatic rings. The van der Waals surface area contributed by atoms with Crippen LogP contribution in [0.3, 0.4) is 0 Å². The van der Waals surface area contributed by atoms with Gasteiger partial charge in [-0.2, -0.15) is 0 Å². The largest absolute Gasteiger partial charge is 0.497 e. The fourth-order valence-corrected chi connectivity index (χ4v) is 2.23. The second-order valence-corrected chi connectivity index (χ2v) is 5.55. The second kappa shape index (κ2) is 9.22. The molecule has 0 aromatic heterocycles. The summed E-state index contributed by atoms with van der Waals surface area (Å²) in [4.78, 5) is 36.2. The van der Waals surface area contributed by atoms with Crippen molar-refractivity contribution in [2.24, 2.45) is 0 Å². The van der Waals surface area contributed by atoms with E-state index in [0.29, 0.717) is 11.4 Å². The molecule has 0 aliphatic heterocycles. The third kappa shape index (κ3) is 5.62. The van der Waals surface area contributed by atoms with E-state index in [1.165, 1.54) is 14.0 Å². The van der Waals surface area contributed by atoms with Gasteiger partial charge in [0.1, 0.15) is 5.75 Å². The van der Waals surface area contributed by atoms with Gasteiger partial charge < -0.3 is 20.7 Å². The Bertz CT molecular complexity index is 760. The molecule has 0 saturated heterocycles. The fraction of sp³-hybridized carbons (Fsp3) is 0.211. The molecule has 2 rings (SSSR count). The normalized spacial score (nSPS) is 11.2. The molecule has 0 fully saturated rings. The molecular weight excluding hydrogens is 334 g/mol. The Labute approximate surface area is 151 Å². The van der Waals surface area contributed by atoms with Crippen molar-refractivity contribution in [1.29, 1.82) is 0 Å². The first-order valence-electron chi connectivity index (χ1n) is 8.03. The summed E-state index contributed by atoms with van der Waals surface area (Å²) in [7, 11) is 1.54. The molecule has 1 atom stereocenters. The molecule has 3 amide bonds. The summed E-state index contributed by atoms with van der Waals surface area (Å²) in [6.07, 6.45) is 0. The van der Waals surface area contributed by atoms with Crippen LogP contribution < -0.4 is 20.7 Å².